The minimum Gasteiger partial charge on any atom is -0.310 e. The molecule has 0 saturated carbocycles. The Kier molecular flexibility index (Phi) is 6.40. The van der Waals surface area contributed by atoms with Gasteiger partial charge >= 0.3 is 0 Å². The third-order valence-corrected chi connectivity index (χ3v) is 10.2. The second kappa shape index (κ2) is 11.0. The number of hydrogen-bond donors (Lipinski definition) is 0. The van der Waals surface area contributed by atoms with Crippen LogP contribution in [-0.4, -0.2) is 0 Å². The van der Waals surface area contributed by atoms with Gasteiger partial charge in [-0.25, -0.2) is 0 Å². The molecule has 1 nitrogen and oxygen atoms in total. The van der Waals surface area contributed by atoms with Crippen molar-refractivity contribution < 1.29 is 0 Å². The van der Waals surface area contributed by atoms with E-state index in [0.29, 0.717) is 0 Å². The summed E-state index contributed by atoms with van der Waals surface area (Å²) in [5, 5.41) is 7.73. The van der Waals surface area contributed by atoms with Crippen molar-refractivity contribution in [2.24, 2.45) is 0 Å². The second-order valence-electron chi connectivity index (χ2n) is 11.8. The van der Waals surface area contributed by atoms with Crippen LogP contribution < -0.4 is 4.90 Å². The summed E-state index contributed by atoms with van der Waals surface area (Å²) in [6.07, 6.45) is 0. The molecule has 0 spiro atoms. The van der Waals surface area contributed by atoms with Crippen LogP contribution >= 0.6 is 11.3 Å². The molecule has 0 amide bonds. The molecule has 0 atom stereocenters. The summed E-state index contributed by atoms with van der Waals surface area (Å²) in [7, 11) is 0. The van der Waals surface area contributed by atoms with Gasteiger partial charge in [0.25, 0.3) is 0 Å². The number of hydrogen-bond acceptors (Lipinski definition) is 2. The molecule has 216 valence electrons. The van der Waals surface area contributed by atoms with Crippen molar-refractivity contribution in [3.8, 4) is 22.3 Å². The van der Waals surface area contributed by atoms with Crippen LogP contribution in [0.3, 0.4) is 0 Å². The smallest absolute Gasteiger partial charge is 0.0468 e. The van der Waals surface area contributed by atoms with Crippen LogP contribution in [0, 0.1) is 0 Å². The van der Waals surface area contributed by atoms with Crippen LogP contribution in [0.1, 0.15) is 0 Å². The second-order valence-corrected chi connectivity index (χ2v) is 12.8. The molecule has 9 aromatic rings. The molecule has 0 bridgehead atoms. The quantitative estimate of drug-likeness (QED) is 0.189. The largest absolute Gasteiger partial charge is 0.310 e. The number of thiophene rings is 1. The number of nitrogens with zero attached hydrogens (tertiary/aromatic N) is 1. The topological polar surface area (TPSA) is 3.24 Å². The number of anilines is 3. The molecule has 0 N–H and O–H groups in total. The van der Waals surface area contributed by atoms with Gasteiger partial charge in [-0.2, -0.15) is 0 Å². The van der Waals surface area contributed by atoms with Crippen molar-refractivity contribution in [3.63, 3.8) is 0 Å². The van der Waals surface area contributed by atoms with Crippen LogP contribution in [0.15, 0.2) is 176 Å². The first-order valence-corrected chi connectivity index (χ1v) is 16.5. The Morgan fingerprint density at radius 1 is 0.348 bits per heavy atom. The highest BCUT2D eigenvalue weighted by Crippen LogP contribution is 2.42. The fraction of sp³-hybridized carbons (Fsp3) is 0. The Hall–Kier alpha value is -5.70. The van der Waals surface area contributed by atoms with Crippen LogP contribution in [-0.2, 0) is 0 Å². The summed E-state index contributed by atoms with van der Waals surface area (Å²) in [5.74, 6) is 0. The molecule has 1 heterocycles. The lowest BCUT2D eigenvalue weighted by atomic mass is 9.98. The lowest BCUT2D eigenvalue weighted by Gasteiger charge is -2.26. The minimum absolute atomic E-state index is 1.12. The van der Waals surface area contributed by atoms with Gasteiger partial charge in [0.1, 0.15) is 0 Å². The van der Waals surface area contributed by atoms with E-state index in [1.165, 1.54) is 64.0 Å². The summed E-state index contributed by atoms with van der Waals surface area (Å²) < 4.78 is 2.65. The molecule has 0 aliphatic rings. The maximum atomic E-state index is 2.38. The zero-order valence-electron chi connectivity index (χ0n) is 25.1. The van der Waals surface area contributed by atoms with Gasteiger partial charge < -0.3 is 4.90 Å². The predicted octanol–water partition coefficient (Wildman–Crippen LogP) is 13.2. The summed E-state index contributed by atoms with van der Waals surface area (Å²) in [5.41, 5.74) is 8.28. The van der Waals surface area contributed by atoms with E-state index in [2.05, 4.69) is 181 Å². The third-order valence-electron chi connectivity index (χ3n) is 9.06. The van der Waals surface area contributed by atoms with Crippen molar-refractivity contribution in [2.75, 3.05) is 4.90 Å². The summed E-state index contributed by atoms with van der Waals surface area (Å²) in [6.45, 7) is 0. The van der Waals surface area contributed by atoms with Crippen LogP contribution in [0.25, 0.3) is 64.0 Å². The van der Waals surface area contributed by atoms with Crippen molar-refractivity contribution in [1.82, 2.24) is 0 Å². The van der Waals surface area contributed by atoms with Gasteiger partial charge in [-0.05, 0) is 92.3 Å². The van der Waals surface area contributed by atoms with Gasteiger partial charge in [-0.15, -0.1) is 11.3 Å². The maximum absolute atomic E-state index is 2.38. The van der Waals surface area contributed by atoms with Crippen LogP contribution in [0.5, 0.6) is 0 Å². The van der Waals surface area contributed by atoms with Crippen LogP contribution in [0.2, 0.25) is 0 Å². The molecule has 0 fully saturated rings. The Morgan fingerprint density at radius 2 is 0.935 bits per heavy atom. The fourth-order valence-corrected chi connectivity index (χ4v) is 7.94. The molecule has 0 aliphatic heterocycles. The van der Waals surface area contributed by atoms with Crippen molar-refractivity contribution in [1.29, 1.82) is 0 Å². The van der Waals surface area contributed by atoms with Crippen molar-refractivity contribution in [3.05, 3.63) is 176 Å². The summed E-state index contributed by atoms with van der Waals surface area (Å²) >= 11 is 1.87. The van der Waals surface area contributed by atoms with Gasteiger partial charge in [0.05, 0.1) is 0 Å². The molecule has 0 saturated heterocycles. The average Bonchev–Trinajstić information content (AvgIpc) is 3.52. The Labute approximate surface area is 272 Å². The van der Waals surface area contributed by atoms with E-state index >= 15 is 0 Å². The summed E-state index contributed by atoms with van der Waals surface area (Å²) in [4.78, 5) is 2.38. The monoisotopic (exact) mass is 603 g/mol. The molecular formula is C44H29NS. The molecule has 0 aliphatic carbocycles. The average molecular weight is 604 g/mol. The van der Waals surface area contributed by atoms with Crippen LogP contribution in [0.4, 0.5) is 17.1 Å². The van der Waals surface area contributed by atoms with Gasteiger partial charge in [0, 0.05) is 37.2 Å². The minimum atomic E-state index is 1.12. The predicted molar refractivity (Wildman–Crippen MR) is 200 cm³/mol. The first-order chi connectivity index (χ1) is 22.8. The lowest BCUT2D eigenvalue weighted by molar-refractivity contribution is 1.29. The zero-order valence-corrected chi connectivity index (χ0v) is 25.9. The molecule has 9 rings (SSSR count). The molecule has 1 aromatic heterocycles. The normalized spacial score (nSPS) is 11.5. The van der Waals surface area contributed by atoms with E-state index < -0.39 is 0 Å². The summed E-state index contributed by atoms with van der Waals surface area (Å²) in [6, 6.07) is 63.9. The first kappa shape index (κ1) is 26.7. The van der Waals surface area contributed by atoms with Crippen molar-refractivity contribution in [2.45, 2.75) is 0 Å². The Balaban J connectivity index is 1.21. The SMILES string of the molecule is c1ccc(-c2ccc(N(c3ccc(-c4cccc5ccccc45)cc3)c3ccc4ccc5sc6ccccc6c5c4c3)cc2)cc1. The molecule has 2 heteroatoms. The van der Waals surface area contributed by atoms with Gasteiger partial charge in [0.2, 0.25) is 0 Å². The molecule has 46 heavy (non-hydrogen) atoms. The van der Waals surface area contributed by atoms with Gasteiger partial charge in [-0.3, -0.25) is 0 Å². The standard InChI is InChI=1S/C44H29NS/c1-2-9-30(10-3-1)31-17-23-35(24-18-31)45(36-25-19-33(20-26-36)39-15-8-12-32-11-4-5-13-38(32)39)37-27-21-34-22-28-43-44(41(34)29-37)40-14-6-7-16-42(40)46-43/h1-29H. The van der Waals surface area contributed by atoms with E-state index in [-0.39, 0.29) is 0 Å². The molecule has 0 radical (unpaired) electrons. The number of fused-ring (bicyclic) bond motifs is 6. The number of rotatable bonds is 5. The maximum Gasteiger partial charge on any atom is 0.0468 e. The molecule has 0 unspecified atom stereocenters. The molecule has 8 aromatic carbocycles. The van der Waals surface area contributed by atoms with Crippen molar-refractivity contribution >= 4 is 70.1 Å². The Bertz CT molecular complexity index is 2500. The van der Waals surface area contributed by atoms with Gasteiger partial charge in [0.15, 0.2) is 0 Å². The highest BCUT2D eigenvalue weighted by Gasteiger charge is 2.16. The fourth-order valence-electron chi connectivity index (χ4n) is 6.82. The molecular weight excluding hydrogens is 575 g/mol. The van der Waals surface area contributed by atoms with E-state index in [4.69, 9.17) is 0 Å². The van der Waals surface area contributed by atoms with E-state index in [0.717, 1.165) is 17.1 Å². The highest BCUT2D eigenvalue weighted by molar-refractivity contribution is 7.26. The third kappa shape index (κ3) is 4.54. The van der Waals surface area contributed by atoms with E-state index in [9.17, 15) is 0 Å². The number of benzene rings is 8. The van der Waals surface area contributed by atoms with E-state index in [1.807, 2.05) is 11.3 Å². The van der Waals surface area contributed by atoms with E-state index in [1.54, 1.807) is 0 Å². The van der Waals surface area contributed by atoms with Gasteiger partial charge in [-0.1, -0.05) is 127 Å². The zero-order chi connectivity index (χ0) is 30.5. The Morgan fingerprint density at radius 3 is 1.74 bits per heavy atom. The highest BCUT2D eigenvalue weighted by atomic mass is 32.1. The lowest BCUT2D eigenvalue weighted by Crippen LogP contribution is -2.09. The first-order valence-electron chi connectivity index (χ1n) is 15.7.